The minimum absolute atomic E-state index is 0.324. The highest BCUT2D eigenvalue weighted by Gasteiger charge is 2.21. The Kier molecular flexibility index (Phi) is 4.91. The van der Waals surface area contributed by atoms with Crippen molar-refractivity contribution in [1.82, 2.24) is 15.3 Å². The van der Waals surface area contributed by atoms with Crippen molar-refractivity contribution in [3.8, 4) is 6.07 Å². The molecule has 1 aromatic heterocycles. The van der Waals surface area contributed by atoms with Crippen molar-refractivity contribution in [3.63, 3.8) is 0 Å². The Bertz CT molecular complexity index is 486. The van der Waals surface area contributed by atoms with Crippen LogP contribution in [0.2, 0.25) is 0 Å². The smallest absolute Gasteiger partial charge is 0.227 e. The van der Waals surface area contributed by atoms with Gasteiger partial charge < -0.3 is 10.2 Å². The second kappa shape index (κ2) is 6.67. The van der Waals surface area contributed by atoms with Crippen LogP contribution in [0.3, 0.4) is 0 Å². The first-order chi connectivity index (χ1) is 9.60. The third-order valence-corrected chi connectivity index (χ3v) is 3.69. The van der Waals surface area contributed by atoms with Crippen LogP contribution in [0.4, 0.5) is 5.95 Å². The summed E-state index contributed by atoms with van der Waals surface area (Å²) in [5.74, 6) is 1.31. The number of hydrogen-bond acceptors (Lipinski definition) is 5. The largest absolute Gasteiger partial charge is 0.338 e. The molecule has 1 saturated heterocycles. The number of nitrogens with one attached hydrogen (secondary N) is 1. The number of hydrogen-bond donors (Lipinski definition) is 1. The van der Waals surface area contributed by atoms with Crippen LogP contribution in [-0.2, 0) is 0 Å². The maximum absolute atomic E-state index is 9.06. The second-order valence-electron chi connectivity index (χ2n) is 5.76. The molecule has 0 radical (unpaired) electrons. The maximum Gasteiger partial charge on any atom is 0.227 e. The molecule has 5 heteroatoms. The van der Waals surface area contributed by atoms with Gasteiger partial charge in [0, 0.05) is 18.3 Å². The summed E-state index contributed by atoms with van der Waals surface area (Å²) >= 11 is 0. The van der Waals surface area contributed by atoms with E-state index in [1.165, 1.54) is 12.8 Å². The third kappa shape index (κ3) is 3.67. The topological polar surface area (TPSA) is 64.8 Å². The van der Waals surface area contributed by atoms with E-state index in [-0.39, 0.29) is 0 Å². The van der Waals surface area contributed by atoms with E-state index in [4.69, 9.17) is 5.26 Å². The summed E-state index contributed by atoms with van der Waals surface area (Å²) in [5.41, 5.74) is 1.29. The molecule has 0 bridgehead atoms. The fraction of sp³-hybridized carbons (Fsp3) is 0.667. The van der Waals surface area contributed by atoms with Gasteiger partial charge in [0.2, 0.25) is 5.95 Å². The molecular formula is C15H23N5. The lowest BCUT2D eigenvalue weighted by atomic mass is 9.99. The lowest BCUT2D eigenvalue weighted by Gasteiger charge is -2.33. The van der Waals surface area contributed by atoms with E-state index in [1.807, 2.05) is 6.92 Å². The van der Waals surface area contributed by atoms with Gasteiger partial charge in [-0.15, -0.1) is 0 Å². The first-order valence-corrected chi connectivity index (χ1v) is 7.33. The first-order valence-electron chi connectivity index (χ1n) is 7.33. The molecule has 0 spiro atoms. The summed E-state index contributed by atoms with van der Waals surface area (Å²) in [6.45, 7) is 9.32. The number of rotatable bonds is 4. The Hall–Kier alpha value is -1.67. The highest BCUT2D eigenvalue weighted by molar-refractivity contribution is 5.37. The van der Waals surface area contributed by atoms with Crippen LogP contribution in [-0.4, -0.2) is 35.6 Å². The predicted molar refractivity (Wildman–Crippen MR) is 79.6 cm³/mol. The van der Waals surface area contributed by atoms with Gasteiger partial charge in [0.25, 0.3) is 0 Å². The number of anilines is 1. The summed E-state index contributed by atoms with van der Waals surface area (Å²) in [5, 5.41) is 12.5. The quantitative estimate of drug-likeness (QED) is 0.907. The molecule has 0 aliphatic carbocycles. The molecule has 108 valence electrons. The van der Waals surface area contributed by atoms with E-state index in [1.54, 1.807) is 6.07 Å². The average molecular weight is 273 g/mol. The highest BCUT2D eigenvalue weighted by Crippen LogP contribution is 2.18. The van der Waals surface area contributed by atoms with Crippen LogP contribution in [0.1, 0.15) is 38.1 Å². The first kappa shape index (κ1) is 14.7. The molecule has 2 heterocycles. The number of nitriles is 1. The van der Waals surface area contributed by atoms with Gasteiger partial charge in [0.15, 0.2) is 0 Å². The van der Waals surface area contributed by atoms with Crippen molar-refractivity contribution >= 4 is 5.95 Å². The fourth-order valence-electron chi connectivity index (χ4n) is 2.62. The number of aryl methyl sites for hydroxylation is 1. The molecule has 1 aromatic rings. The molecule has 1 N–H and O–H groups in total. The minimum Gasteiger partial charge on any atom is -0.338 e. The molecule has 1 atom stereocenters. The van der Waals surface area contributed by atoms with Gasteiger partial charge in [-0.25, -0.2) is 9.97 Å². The monoisotopic (exact) mass is 273 g/mol. The molecule has 5 nitrogen and oxygen atoms in total. The molecule has 1 unspecified atom stereocenters. The summed E-state index contributed by atoms with van der Waals surface area (Å²) in [6.07, 6.45) is 2.47. The van der Waals surface area contributed by atoms with Crippen molar-refractivity contribution in [2.24, 2.45) is 5.92 Å². The Morgan fingerprint density at radius 1 is 1.50 bits per heavy atom. The Labute approximate surface area is 121 Å². The summed E-state index contributed by atoms with van der Waals surface area (Å²) in [4.78, 5) is 11.1. The predicted octanol–water partition coefficient (Wildman–Crippen LogP) is 1.87. The zero-order valence-electron chi connectivity index (χ0n) is 12.6. The highest BCUT2D eigenvalue weighted by atomic mass is 15.3. The van der Waals surface area contributed by atoms with Crippen molar-refractivity contribution in [1.29, 1.82) is 5.26 Å². The van der Waals surface area contributed by atoms with E-state index < -0.39 is 0 Å². The van der Waals surface area contributed by atoms with E-state index in [0.717, 1.165) is 25.3 Å². The molecule has 20 heavy (non-hydrogen) atoms. The second-order valence-corrected chi connectivity index (χ2v) is 5.76. The average Bonchev–Trinajstić information content (AvgIpc) is 2.44. The van der Waals surface area contributed by atoms with Crippen LogP contribution in [0.5, 0.6) is 0 Å². The fourth-order valence-corrected chi connectivity index (χ4v) is 2.62. The van der Waals surface area contributed by atoms with Crippen LogP contribution in [0, 0.1) is 24.2 Å². The minimum atomic E-state index is 0.324. The Balaban J connectivity index is 2.19. The van der Waals surface area contributed by atoms with Crippen LogP contribution < -0.4 is 10.2 Å². The molecule has 1 aliphatic rings. The van der Waals surface area contributed by atoms with Crippen LogP contribution in [0.25, 0.3) is 0 Å². The normalized spacial score (nSPS) is 18.9. The summed E-state index contributed by atoms with van der Waals surface area (Å²) in [7, 11) is 0. The third-order valence-electron chi connectivity index (χ3n) is 3.69. The van der Waals surface area contributed by atoms with E-state index in [2.05, 4.69) is 40.1 Å². The molecule has 2 rings (SSSR count). The summed E-state index contributed by atoms with van der Waals surface area (Å²) < 4.78 is 0. The Morgan fingerprint density at radius 3 is 2.90 bits per heavy atom. The van der Waals surface area contributed by atoms with Crippen molar-refractivity contribution in [2.45, 2.75) is 39.7 Å². The number of nitrogens with zero attached hydrogens (tertiary/aromatic N) is 4. The van der Waals surface area contributed by atoms with E-state index in [0.29, 0.717) is 23.6 Å². The van der Waals surface area contributed by atoms with E-state index in [9.17, 15) is 0 Å². The van der Waals surface area contributed by atoms with Crippen LogP contribution in [0.15, 0.2) is 6.07 Å². The van der Waals surface area contributed by atoms with Crippen molar-refractivity contribution in [2.75, 3.05) is 24.5 Å². The molecule has 1 aliphatic heterocycles. The van der Waals surface area contributed by atoms with Gasteiger partial charge in [0.1, 0.15) is 11.8 Å². The maximum atomic E-state index is 9.06. The Morgan fingerprint density at radius 2 is 2.30 bits per heavy atom. The van der Waals surface area contributed by atoms with Gasteiger partial charge in [-0.1, -0.05) is 0 Å². The van der Waals surface area contributed by atoms with Gasteiger partial charge in [-0.05, 0) is 58.7 Å². The van der Waals surface area contributed by atoms with Gasteiger partial charge in [0.05, 0.1) is 0 Å². The lowest BCUT2D eigenvalue weighted by Crippen LogP contribution is -2.42. The molecular weight excluding hydrogens is 250 g/mol. The zero-order valence-corrected chi connectivity index (χ0v) is 12.6. The SMILES string of the molecule is Cc1cc(C#N)nc(N(CC2CCCNC2)C(C)C)n1. The molecule has 0 saturated carbocycles. The zero-order chi connectivity index (χ0) is 14.5. The standard InChI is InChI=1S/C15H23N5/c1-11(2)20(10-13-5-4-6-17-9-13)15-18-12(3)7-14(8-16)19-15/h7,11,13,17H,4-6,9-10H2,1-3H3. The van der Waals surface area contributed by atoms with Crippen molar-refractivity contribution < 1.29 is 0 Å². The van der Waals surface area contributed by atoms with Gasteiger partial charge >= 0.3 is 0 Å². The van der Waals surface area contributed by atoms with Gasteiger partial charge in [-0.3, -0.25) is 0 Å². The van der Waals surface area contributed by atoms with Crippen molar-refractivity contribution in [3.05, 3.63) is 17.5 Å². The summed E-state index contributed by atoms with van der Waals surface area (Å²) in [6, 6.07) is 4.17. The van der Waals surface area contributed by atoms with E-state index >= 15 is 0 Å². The molecule has 0 amide bonds. The van der Waals surface area contributed by atoms with Crippen LogP contribution >= 0.6 is 0 Å². The number of aromatic nitrogens is 2. The lowest BCUT2D eigenvalue weighted by molar-refractivity contribution is 0.369. The molecule has 1 fully saturated rings. The molecule has 0 aromatic carbocycles. The van der Waals surface area contributed by atoms with Gasteiger partial charge in [-0.2, -0.15) is 5.26 Å². The number of piperidine rings is 1.